The van der Waals surface area contributed by atoms with Crippen molar-refractivity contribution in [1.29, 1.82) is 0 Å². The van der Waals surface area contributed by atoms with Gasteiger partial charge in [0.1, 0.15) is 19.8 Å². The molecule has 0 aliphatic carbocycles. The predicted octanol–water partition coefficient (Wildman–Crippen LogP) is 11.9. The van der Waals surface area contributed by atoms with E-state index in [-0.39, 0.29) is 26.1 Å². The van der Waals surface area contributed by atoms with Crippen LogP contribution in [0.1, 0.15) is 187 Å². The Morgan fingerprint density at radius 2 is 0.982 bits per heavy atom. The molecule has 322 valence electrons. The van der Waals surface area contributed by atoms with E-state index >= 15 is 0 Å². The van der Waals surface area contributed by atoms with Crippen molar-refractivity contribution in [3.05, 3.63) is 36.5 Å². The maximum atomic E-state index is 12.7. The molecule has 0 rings (SSSR count). The van der Waals surface area contributed by atoms with Crippen LogP contribution in [0.5, 0.6) is 0 Å². The molecule has 0 saturated heterocycles. The first-order chi connectivity index (χ1) is 26.5. The predicted molar refractivity (Wildman–Crippen MR) is 227 cm³/mol. The SMILES string of the molecule is CCCCC/C=C\C/C=C\CCCCCCCC(=O)OC(COC(=O)CCCCCCC/C=C\CCCCCCCCC)COP(=O)([O-])OCC[N+](C)(C)C. The summed E-state index contributed by atoms with van der Waals surface area (Å²) in [5.41, 5.74) is 0. The maximum absolute atomic E-state index is 12.7. The Hall–Kier alpha value is -1.77. The Balaban J connectivity index is 4.39. The van der Waals surface area contributed by atoms with Crippen LogP contribution in [-0.2, 0) is 32.7 Å². The summed E-state index contributed by atoms with van der Waals surface area (Å²) in [5.74, 6) is -0.859. The molecule has 0 heterocycles. The summed E-state index contributed by atoms with van der Waals surface area (Å²) < 4.78 is 33.9. The number of ether oxygens (including phenoxy) is 2. The Labute approximate surface area is 338 Å². The average Bonchev–Trinajstić information content (AvgIpc) is 3.13. The third kappa shape index (κ3) is 41.7. The number of carbonyl (C=O) groups excluding carboxylic acids is 2. The third-order valence-corrected chi connectivity index (χ3v) is 10.3. The first-order valence-corrected chi connectivity index (χ1v) is 23.7. The van der Waals surface area contributed by atoms with Crippen LogP contribution in [0.2, 0.25) is 0 Å². The molecule has 9 nitrogen and oxygen atoms in total. The molecule has 0 aromatic heterocycles. The van der Waals surface area contributed by atoms with Gasteiger partial charge < -0.3 is 27.9 Å². The van der Waals surface area contributed by atoms with Gasteiger partial charge in [-0.15, -0.1) is 0 Å². The normalized spacial score (nSPS) is 13.9. The van der Waals surface area contributed by atoms with Crippen molar-refractivity contribution in [2.24, 2.45) is 0 Å². The molecule has 0 bridgehead atoms. The second-order valence-corrected chi connectivity index (χ2v) is 17.5. The van der Waals surface area contributed by atoms with Crippen LogP contribution in [0.25, 0.3) is 0 Å². The molecule has 0 radical (unpaired) electrons. The lowest BCUT2D eigenvalue weighted by atomic mass is 10.1. The van der Waals surface area contributed by atoms with Crippen molar-refractivity contribution in [2.45, 2.75) is 193 Å². The maximum Gasteiger partial charge on any atom is 0.306 e. The van der Waals surface area contributed by atoms with Crippen molar-refractivity contribution >= 4 is 19.8 Å². The summed E-state index contributed by atoms with van der Waals surface area (Å²) >= 11 is 0. The zero-order valence-corrected chi connectivity index (χ0v) is 37.0. The molecule has 10 heteroatoms. The zero-order chi connectivity index (χ0) is 40.7. The molecule has 0 aromatic carbocycles. The van der Waals surface area contributed by atoms with Gasteiger partial charge in [-0.05, 0) is 70.6 Å². The molecule has 0 amide bonds. The second kappa shape index (κ2) is 37.8. The fourth-order valence-electron chi connectivity index (χ4n) is 5.85. The van der Waals surface area contributed by atoms with Crippen molar-refractivity contribution in [3.63, 3.8) is 0 Å². The molecule has 0 aliphatic rings. The largest absolute Gasteiger partial charge is 0.756 e. The van der Waals surface area contributed by atoms with Crippen molar-refractivity contribution < 1.29 is 42.1 Å². The number of nitrogens with zero attached hydrogens (tertiary/aromatic N) is 1. The number of rotatable bonds is 40. The smallest absolute Gasteiger partial charge is 0.306 e. The van der Waals surface area contributed by atoms with Gasteiger partial charge in [-0.2, -0.15) is 0 Å². The number of allylic oxidation sites excluding steroid dienone is 6. The first-order valence-electron chi connectivity index (χ1n) is 22.2. The van der Waals surface area contributed by atoms with Crippen LogP contribution < -0.4 is 4.89 Å². The molecular weight excluding hydrogens is 713 g/mol. The molecule has 2 atom stereocenters. The van der Waals surface area contributed by atoms with Crippen molar-refractivity contribution in [3.8, 4) is 0 Å². The lowest BCUT2D eigenvalue weighted by molar-refractivity contribution is -0.870. The van der Waals surface area contributed by atoms with Gasteiger partial charge in [-0.25, -0.2) is 0 Å². The van der Waals surface area contributed by atoms with E-state index in [1.165, 1.54) is 77.0 Å². The minimum atomic E-state index is -4.63. The van der Waals surface area contributed by atoms with E-state index in [0.29, 0.717) is 17.4 Å². The van der Waals surface area contributed by atoms with Crippen LogP contribution in [0.3, 0.4) is 0 Å². The monoisotopic (exact) mass is 798 g/mol. The van der Waals surface area contributed by atoms with Crippen LogP contribution in [-0.4, -0.2) is 70.0 Å². The Morgan fingerprint density at radius 1 is 0.564 bits per heavy atom. The summed E-state index contributed by atoms with van der Waals surface area (Å²) in [6.07, 6.45) is 41.6. The van der Waals surface area contributed by atoms with E-state index < -0.39 is 32.5 Å². The van der Waals surface area contributed by atoms with Gasteiger partial charge in [0, 0.05) is 12.8 Å². The lowest BCUT2D eigenvalue weighted by Crippen LogP contribution is -2.37. The number of hydrogen-bond acceptors (Lipinski definition) is 8. The van der Waals surface area contributed by atoms with E-state index in [4.69, 9.17) is 18.5 Å². The number of likely N-dealkylation sites (N-methyl/N-ethyl adjacent to an activating group) is 1. The minimum Gasteiger partial charge on any atom is -0.756 e. The van der Waals surface area contributed by atoms with E-state index in [1.54, 1.807) is 0 Å². The highest BCUT2D eigenvalue weighted by molar-refractivity contribution is 7.45. The van der Waals surface area contributed by atoms with Crippen LogP contribution >= 0.6 is 7.82 Å². The zero-order valence-electron chi connectivity index (χ0n) is 36.1. The van der Waals surface area contributed by atoms with Gasteiger partial charge in [0.2, 0.25) is 0 Å². The molecular formula is C45H84NO8P. The molecule has 0 spiro atoms. The van der Waals surface area contributed by atoms with Crippen LogP contribution in [0.4, 0.5) is 0 Å². The summed E-state index contributed by atoms with van der Waals surface area (Å²) in [6.45, 7) is 4.17. The summed E-state index contributed by atoms with van der Waals surface area (Å²) in [4.78, 5) is 37.5. The van der Waals surface area contributed by atoms with Crippen LogP contribution in [0.15, 0.2) is 36.5 Å². The van der Waals surface area contributed by atoms with Gasteiger partial charge in [-0.3, -0.25) is 14.2 Å². The molecule has 0 aromatic rings. The Morgan fingerprint density at radius 3 is 1.49 bits per heavy atom. The second-order valence-electron chi connectivity index (χ2n) is 16.1. The topological polar surface area (TPSA) is 111 Å². The van der Waals surface area contributed by atoms with Gasteiger partial charge in [-0.1, -0.05) is 140 Å². The standard InChI is InChI=1S/C45H84NO8P/c1-6-8-10-12-14-16-18-20-22-24-25-27-29-31-33-35-37-44(47)51-41-43(42-53-55(49,50)52-40-39-46(3,4)5)54-45(48)38-36-34-32-30-28-26-23-21-19-17-15-13-11-9-7-2/h15,17,21-24,43H,6-14,16,18-20,25-42H2,1-5H3/b17-15-,23-21-,24-22-. The fourth-order valence-corrected chi connectivity index (χ4v) is 6.58. The van der Waals surface area contributed by atoms with E-state index in [2.05, 4.69) is 50.3 Å². The van der Waals surface area contributed by atoms with Crippen molar-refractivity contribution in [1.82, 2.24) is 0 Å². The van der Waals surface area contributed by atoms with Crippen molar-refractivity contribution in [2.75, 3.05) is 47.5 Å². The number of phosphoric ester groups is 1. The van der Waals surface area contributed by atoms with Gasteiger partial charge >= 0.3 is 11.9 Å². The summed E-state index contributed by atoms with van der Waals surface area (Å²) in [6, 6.07) is 0. The molecule has 0 saturated carbocycles. The number of unbranched alkanes of at least 4 members (excludes halogenated alkanes) is 20. The van der Waals surface area contributed by atoms with Gasteiger partial charge in [0.25, 0.3) is 7.82 Å². The number of quaternary nitrogens is 1. The Bertz CT molecular complexity index is 1040. The minimum absolute atomic E-state index is 0.0352. The number of carbonyl (C=O) groups is 2. The molecule has 2 unspecified atom stereocenters. The highest BCUT2D eigenvalue weighted by atomic mass is 31.2. The van der Waals surface area contributed by atoms with E-state index in [0.717, 1.165) is 77.0 Å². The number of esters is 2. The molecule has 0 N–H and O–H groups in total. The lowest BCUT2D eigenvalue weighted by Gasteiger charge is -2.28. The van der Waals surface area contributed by atoms with Gasteiger partial charge in [0.05, 0.1) is 27.7 Å². The number of hydrogen-bond donors (Lipinski definition) is 0. The van der Waals surface area contributed by atoms with Gasteiger partial charge in [0.15, 0.2) is 6.10 Å². The molecule has 0 fully saturated rings. The van der Waals surface area contributed by atoms with E-state index in [9.17, 15) is 19.0 Å². The highest BCUT2D eigenvalue weighted by Crippen LogP contribution is 2.38. The quantitative estimate of drug-likeness (QED) is 0.0198. The van der Waals surface area contributed by atoms with E-state index in [1.807, 2.05) is 21.1 Å². The molecule has 0 aliphatic heterocycles. The highest BCUT2D eigenvalue weighted by Gasteiger charge is 2.21. The molecule has 55 heavy (non-hydrogen) atoms. The third-order valence-electron chi connectivity index (χ3n) is 9.38. The summed E-state index contributed by atoms with van der Waals surface area (Å²) in [7, 11) is 1.15. The van der Waals surface area contributed by atoms with Crippen LogP contribution in [0, 0.1) is 0 Å². The number of phosphoric acid groups is 1. The average molecular weight is 798 g/mol. The Kier molecular flexibility index (Phi) is 36.6. The fraction of sp³-hybridized carbons (Fsp3) is 0.822. The summed E-state index contributed by atoms with van der Waals surface area (Å²) in [5, 5.41) is 0. The first kappa shape index (κ1) is 53.2.